The van der Waals surface area contributed by atoms with Crippen LogP contribution in [0, 0.1) is 10.1 Å². The van der Waals surface area contributed by atoms with Crippen LogP contribution < -0.4 is 10.0 Å². The SMILES string of the molecule is O=C1OCCC1NSc1ccc(NCCc2ccccc2[N+](=O)[O-])cc1. The molecule has 2 aromatic carbocycles. The van der Waals surface area contributed by atoms with E-state index in [9.17, 15) is 14.9 Å². The van der Waals surface area contributed by atoms with Gasteiger partial charge in [-0.25, -0.2) is 4.72 Å². The van der Waals surface area contributed by atoms with Crippen molar-refractivity contribution in [1.82, 2.24) is 4.72 Å². The predicted octanol–water partition coefficient (Wildman–Crippen LogP) is 3.16. The topological polar surface area (TPSA) is 93.5 Å². The lowest BCUT2D eigenvalue weighted by Crippen LogP contribution is -2.27. The van der Waals surface area contributed by atoms with Crippen molar-refractivity contribution in [3.8, 4) is 0 Å². The standard InChI is InChI=1S/C18H19N3O4S/c22-18-16(10-12-25-18)20-26-15-7-5-14(6-8-15)19-11-9-13-3-1-2-4-17(13)21(23)24/h1-8,16,19-20H,9-12H2. The van der Waals surface area contributed by atoms with E-state index in [0.717, 1.165) is 10.6 Å². The third-order valence-corrected chi connectivity index (χ3v) is 4.93. The van der Waals surface area contributed by atoms with Gasteiger partial charge in [0.25, 0.3) is 5.69 Å². The molecule has 0 bridgehead atoms. The summed E-state index contributed by atoms with van der Waals surface area (Å²) >= 11 is 1.40. The predicted molar refractivity (Wildman–Crippen MR) is 100 cm³/mol. The van der Waals surface area contributed by atoms with E-state index in [1.807, 2.05) is 30.3 Å². The van der Waals surface area contributed by atoms with Crippen LogP contribution in [0.1, 0.15) is 12.0 Å². The summed E-state index contributed by atoms with van der Waals surface area (Å²) in [4.78, 5) is 23.1. The molecule has 136 valence electrons. The molecule has 7 nitrogen and oxygen atoms in total. The number of nitro benzene ring substituents is 1. The molecule has 1 aliphatic rings. The largest absolute Gasteiger partial charge is 0.464 e. The number of rotatable bonds is 8. The van der Waals surface area contributed by atoms with Crippen LogP contribution in [0.3, 0.4) is 0 Å². The fourth-order valence-corrected chi connectivity index (χ4v) is 3.39. The highest BCUT2D eigenvalue weighted by Crippen LogP contribution is 2.21. The number of anilines is 1. The number of hydrogen-bond donors (Lipinski definition) is 2. The second-order valence-corrected chi connectivity index (χ2v) is 6.73. The third kappa shape index (κ3) is 4.74. The number of nitrogens with one attached hydrogen (secondary N) is 2. The summed E-state index contributed by atoms with van der Waals surface area (Å²) < 4.78 is 8.02. The Kier molecular flexibility index (Phi) is 6.08. The first-order valence-corrected chi connectivity index (χ1v) is 9.10. The molecule has 0 aliphatic carbocycles. The summed E-state index contributed by atoms with van der Waals surface area (Å²) in [6.45, 7) is 1.07. The Balaban J connectivity index is 1.47. The van der Waals surface area contributed by atoms with Crippen molar-refractivity contribution in [2.45, 2.75) is 23.8 Å². The number of esters is 1. The van der Waals surface area contributed by atoms with E-state index in [1.165, 1.54) is 18.0 Å². The Labute approximate surface area is 155 Å². The van der Waals surface area contributed by atoms with Crippen LogP contribution in [-0.4, -0.2) is 30.1 Å². The average molecular weight is 373 g/mol. The first-order chi connectivity index (χ1) is 12.6. The average Bonchev–Trinajstić information content (AvgIpc) is 3.06. The van der Waals surface area contributed by atoms with Gasteiger partial charge in [-0.2, -0.15) is 0 Å². The highest BCUT2D eigenvalue weighted by Gasteiger charge is 2.26. The molecule has 0 aromatic heterocycles. The van der Waals surface area contributed by atoms with Gasteiger partial charge in [-0.1, -0.05) is 18.2 Å². The third-order valence-electron chi connectivity index (χ3n) is 4.02. The maximum atomic E-state index is 11.4. The molecule has 0 saturated carbocycles. The van der Waals surface area contributed by atoms with E-state index in [-0.39, 0.29) is 22.6 Å². The molecule has 26 heavy (non-hydrogen) atoms. The number of para-hydroxylation sites is 1. The fourth-order valence-electron chi connectivity index (χ4n) is 2.62. The van der Waals surface area contributed by atoms with Gasteiger partial charge in [-0.3, -0.25) is 14.9 Å². The number of carbonyl (C=O) groups excluding carboxylic acids is 1. The van der Waals surface area contributed by atoms with E-state index in [4.69, 9.17) is 4.74 Å². The molecule has 1 unspecified atom stereocenters. The Morgan fingerprint density at radius 3 is 2.65 bits per heavy atom. The van der Waals surface area contributed by atoms with Crippen molar-refractivity contribution in [2.24, 2.45) is 0 Å². The second kappa shape index (κ2) is 8.68. The summed E-state index contributed by atoms with van der Waals surface area (Å²) in [6.07, 6.45) is 1.26. The van der Waals surface area contributed by atoms with Crippen LogP contribution in [0.2, 0.25) is 0 Å². The smallest absolute Gasteiger partial charge is 0.324 e. The monoisotopic (exact) mass is 373 g/mol. The lowest BCUT2D eigenvalue weighted by atomic mass is 10.1. The number of hydrogen-bond acceptors (Lipinski definition) is 7. The summed E-state index contributed by atoms with van der Waals surface area (Å²) in [7, 11) is 0. The van der Waals surface area contributed by atoms with Gasteiger partial charge in [-0.15, -0.1) is 0 Å². The zero-order chi connectivity index (χ0) is 18.4. The number of carbonyl (C=O) groups is 1. The summed E-state index contributed by atoms with van der Waals surface area (Å²) in [5.74, 6) is -0.203. The molecule has 1 atom stereocenters. The Bertz CT molecular complexity index is 782. The van der Waals surface area contributed by atoms with Crippen LogP contribution in [0.4, 0.5) is 11.4 Å². The Morgan fingerprint density at radius 1 is 1.19 bits per heavy atom. The van der Waals surface area contributed by atoms with Gasteiger partial charge in [0.15, 0.2) is 0 Å². The lowest BCUT2D eigenvalue weighted by Gasteiger charge is -2.10. The van der Waals surface area contributed by atoms with Gasteiger partial charge in [-0.05, 0) is 42.6 Å². The number of cyclic esters (lactones) is 1. The molecular weight excluding hydrogens is 354 g/mol. The first-order valence-electron chi connectivity index (χ1n) is 8.29. The normalized spacial score (nSPS) is 16.3. The number of nitrogens with zero attached hydrogens (tertiary/aromatic N) is 1. The quantitative estimate of drug-likeness (QED) is 0.318. The minimum absolute atomic E-state index is 0.151. The van der Waals surface area contributed by atoms with Gasteiger partial charge in [0.1, 0.15) is 6.04 Å². The van der Waals surface area contributed by atoms with Gasteiger partial charge >= 0.3 is 5.97 Å². The molecule has 0 amide bonds. The van der Waals surface area contributed by atoms with Gasteiger partial charge in [0, 0.05) is 35.2 Å². The lowest BCUT2D eigenvalue weighted by molar-refractivity contribution is -0.385. The molecule has 2 aromatic rings. The van der Waals surface area contributed by atoms with Crippen molar-refractivity contribution in [3.63, 3.8) is 0 Å². The molecule has 1 fully saturated rings. The molecule has 1 saturated heterocycles. The maximum Gasteiger partial charge on any atom is 0.324 e. The zero-order valence-corrected chi connectivity index (χ0v) is 14.8. The van der Waals surface area contributed by atoms with Crippen LogP contribution in [0.25, 0.3) is 0 Å². The molecule has 1 heterocycles. The van der Waals surface area contributed by atoms with Gasteiger partial charge in [0.2, 0.25) is 0 Å². The van der Waals surface area contributed by atoms with Crippen LogP contribution in [0.5, 0.6) is 0 Å². The van der Waals surface area contributed by atoms with Crippen LogP contribution >= 0.6 is 11.9 Å². The molecule has 0 spiro atoms. The van der Waals surface area contributed by atoms with Gasteiger partial charge in [0.05, 0.1) is 11.5 Å². The van der Waals surface area contributed by atoms with Crippen molar-refractivity contribution >= 4 is 29.3 Å². The minimum atomic E-state index is -0.353. The van der Waals surface area contributed by atoms with E-state index in [2.05, 4.69) is 10.0 Å². The van der Waals surface area contributed by atoms with E-state index >= 15 is 0 Å². The molecule has 0 radical (unpaired) electrons. The van der Waals surface area contributed by atoms with Crippen LogP contribution in [-0.2, 0) is 16.0 Å². The summed E-state index contributed by atoms with van der Waals surface area (Å²) in [5.41, 5.74) is 1.80. The minimum Gasteiger partial charge on any atom is -0.464 e. The van der Waals surface area contributed by atoms with E-state index in [1.54, 1.807) is 12.1 Å². The van der Waals surface area contributed by atoms with E-state index < -0.39 is 0 Å². The fraction of sp³-hybridized carbons (Fsp3) is 0.278. The molecule has 8 heteroatoms. The molecule has 1 aliphatic heterocycles. The van der Waals surface area contributed by atoms with Crippen molar-refractivity contribution in [1.29, 1.82) is 0 Å². The van der Waals surface area contributed by atoms with Crippen LogP contribution in [0.15, 0.2) is 53.4 Å². The van der Waals surface area contributed by atoms with Crippen molar-refractivity contribution < 1.29 is 14.5 Å². The molecular formula is C18H19N3O4S. The summed E-state index contributed by atoms with van der Waals surface area (Å²) in [6, 6.07) is 14.3. The van der Waals surface area contributed by atoms with Gasteiger partial charge < -0.3 is 10.1 Å². The second-order valence-electron chi connectivity index (χ2n) is 5.82. The van der Waals surface area contributed by atoms with Crippen molar-refractivity contribution in [3.05, 3.63) is 64.2 Å². The zero-order valence-electron chi connectivity index (χ0n) is 14.0. The number of ether oxygens (including phenoxy) is 1. The highest BCUT2D eigenvalue weighted by atomic mass is 32.2. The number of nitro groups is 1. The first kappa shape index (κ1) is 18.2. The summed E-state index contributed by atoms with van der Waals surface area (Å²) in [5, 5.41) is 14.3. The molecule has 2 N–H and O–H groups in total. The molecule has 3 rings (SSSR count). The van der Waals surface area contributed by atoms with Crippen molar-refractivity contribution in [2.75, 3.05) is 18.5 Å². The van der Waals surface area contributed by atoms with E-state index in [0.29, 0.717) is 31.6 Å². The Morgan fingerprint density at radius 2 is 1.96 bits per heavy atom. The maximum absolute atomic E-state index is 11.4. The highest BCUT2D eigenvalue weighted by molar-refractivity contribution is 7.97. The Hall–Kier alpha value is -2.58. The number of benzene rings is 2.